The van der Waals surface area contributed by atoms with E-state index in [1.165, 1.54) is 16.7 Å². The van der Waals surface area contributed by atoms with E-state index in [0.29, 0.717) is 9.23 Å². The van der Waals surface area contributed by atoms with E-state index in [4.69, 9.17) is 12.2 Å². The molecule has 1 fully saturated rings. The molecule has 2 aromatic rings. The predicted molar refractivity (Wildman–Crippen MR) is 93.3 cm³/mol. The topological polar surface area (TPSA) is 29.1 Å². The minimum absolute atomic E-state index is 0.121. The molecule has 104 valence electrons. The van der Waals surface area contributed by atoms with E-state index < -0.39 is 0 Å². The van der Waals surface area contributed by atoms with Gasteiger partial charge >= 0.3 is 0 Å². The zero-order chi connectivity index (χ0) is 14.7. The average Bonchev–Trinajstić information content (AvgIpc) is 2.80. The monoisotopic (exact) mass is 329 g/mol. The Morgan fingerprint density at radius 2 is 1.76 bits per heavy atom. The fourth-order valence-corrected chi connectivity index (χ4v) is 3.84. The second-order valence-electron chi connectivity index (χ2n) is 4.31. The van der Waals surface area contributed by atoms with Gasteiger partial charge in [0.05, 0.1) is 4.91 Å². The molecule has 2 aromatic carbocycles. The molecule has 0 aliphatic carbocycles. The molecular formula is C16H11NOS3. The van der Waals surface area contributed by atoms with Gasteiger partial charge in [-0.15, -0.1) is 0 Å². The van der Waals surface area contributed by atoms with Crippen LogP contribution in [0.15, 0.2) is 69.3 Å². The number of carbonyl (C=O) groups excluding carboxylic acids is 1. The molecule has 0 saturated carbocycles. The fourth-order valence-electron chi connectivity index (χ4n) is 1.87. The van der Waals surface area contributed by atoms with Crippen LogP contribution in [0.1, 0.15) is 5.56 Å². The summed E-state index contributed by atoms with van der Waals surface area (Å²) >= 11 is 8.00. The van der Waals surface area contributed by atoms with Crippen molar-refractivity contribution in [3.05, 3.63) is 65.1 Å². The van der Waals surface area contributed by atoms with Gasteiger partial charge in [0.2, 0.25) is 0 Å². The first-order valence-electron chi connectivity index (χ1n) is 6.29. The summed E-state index contributed by atoms with van der Waals surface area (Å²) in [5.74, 6) is -0.121. The van der Waals surface area contributed by atoms with Gasteiger partial charge in [-0.05, 0) is 29.8 Å². The third kappa shape index (κ3) is 3.56. The summed E-state index contributed by atoms with van der Waals surface area (Å²) in [6.45, 7) is 0. The van der Waals surface area contributed by atoms with Crippen molar-refractivity contribution >= 4 is 52.0 Å². The zero-order valence-electron chi connectivity index (χ0n) is 10.9. The largest absolute Gasteiger partial charge is 0.307 e. The van der Waals surface area contributed by atoms with Crippen molar-refractivity contribution < 1.29 is 4.79 Å². The molecule has 0 atom stereocenters. The van der Waals surface area contributed by atoms with Crippen molar-refractivity contribution in [2.24, 2.45) is 0 Å². The van der Waals surface area contributed by atoms with E-state index in [-0.39, 0.29) is 5.91 Å². The molecule has 0 aromatic heterocycles. The number of thioether (sulfide) groups is 1. The molecule has 0 radical (unpaired) electrons. The van der Waals surface area contributed by atoms with E-state index in [2.05, 4.69) is 23.5 Å². The molecule has 2 nitrogen and oxygen atoms in total. The zero-order valence-corrected chi connectivity index (χ0v) is 13.4. The SMILES string of the molecule is O=C1NC(=S)S/C1=C/c1ccccc1Sc1ccccc1. The van der Waals surface area contributed by atoms with Gasteiger partial charge < -0.3 is 5.32 Å². The van der Waals surface area contributed by atoms with Gasteiger partial charge in [-0.1, -0.05) is 72.1 Å². The van der Waals surface area contributed by atoms with Gasteiger partial charge in [-0.2, -0.15) is 0 Å². The number of rotatable bonds is 3. The number of amides is 1. The van der Waals surface area contributed by atoms with Gasteiger partial charge in [0.25, 0.3) is 5.91 Å². The Bertz CT molecular complexity index is 725. The molecule has 1 N–H and O–H groups in total. The van der Waals surface area contributed by atoms with Crippen LogP contribution in [0.5, 0.6) is 0 Å². The second-order valence-corrected chi connectivity index (χ2v) is 7.14. The van der Waals surface area contributed by atoms with Crippen molar-refractivity contribution in [3.63, 3.8) is 0 Å². The molecule has 0 bridgehead atoms. The summed E-state index contributed by atoms with van der Waals surface area (Å²) in [7, 11) is 0. The highest BCUT2D eigenvalue weighted by molar-refractivity contribution is 8.26. The first-order chi connectivity index (χ1) is 10.2. The maximum atomic E-state index is 11.8. The first-order valence-corrected chi connectivity index (χ1v) is 8.33. The number of thiocarbonyl (C=S) groups is 1. The van der Waals surface area contributed by atoms with Crippen molar-refractivity contribution in [3.8, 4) is 0 Å². The van der Waals surface area contributed by atoms with E-state index in [1.54, 1.807) is 11.8 Å². The quantitative estimate of drug-likeness (QED) is 0.670. The minimum atomic E-state index is -0.121. The lowest BCUT2D eigenvalue weighted by molar-refractivity contribution is -0.115. The summed E-state index contributed by atoms with van der Waals surface area (Å²) in [6.07, 6.45) is 1.89. The molecule has 3 rings (SSSR count). The standard InChI is InChI=1S/C16H11NOS3/c18-15-14(21-16(19)17-15)10-11-6-4-5-9-13(11)20-12-7-2-1-3-8-12/h1-10H,(H,17,18,19)/b14-10+. The van der Waals surface area contributed by atoms with Crippen molar-refractivity contribution in [2.75, 3.05) is 0 Å². The Labute approximate surface area is 137 Å². The van der Waals surface area contributed by atoms with Crippen LogP contribution in [0.25, 0.3) is 6.08 Å². The van der Waals surface area contributed by atoms with Crippen molar-refractivity contribution in [1.29, 1.82) is 0 Å². The number of hydrogen-bond acceptors (Lipinski definition) is 4. The first kappa shape index (κ1) is 14.4. The van der Waals surface area contributed by atoms with Crippen molar-refractivity contribution in [2.45, 2.75) is 9.79 Å². The molecule has 0 spiro atoms. The summed E-state index contributed by atoms with van der Waals surface area (Å²) in [6, 6.07) is 18.2. The molecule has 0 unspecified atom stereocenters. The minimum Gasteiger partial charge on any atom is -0.307 e. The molecule has 1 amide bonds. The Hall–Kier alpha value is -1.56. The van der Waals surface area contributed by atoms with Crippen LogP contribution < -0.4 is 5.32 Å². The lowest BCUT2D eigenvalue weighted by Gasteiger charge is -2.06. The van der Waals surface area contributed by atoms with Crippen LogP contribution in [0.4, 0.5) is 0 Å². The van der Waals surface area contributed by atoms with Crippen LogP contribution in [-0.2, 0) is 4.79 Å². The maximum absolute atomic E-state index is 11.8. The molecule has 1 aliphatic rings. The third-order valence-corrected chi connectivity index (χ3v) is 5.08. The van der Waals surface area contributed by atoms with E-state index in [9.17, 15) is 4.79 Å². The molecular weight excluding hydrogens is 318 g/mol. The maximum Gasteiger partial charge on any atom is 0.263 e. The number of hydrogen-bond donors (Lipinski definition) is 1. The van der Waals surface area contributed by atoms with Gasteiger partial charge in [-0.25, -0.2) is 0 Å². The van der Waals surface area contributed by atoms with Gasteiger partial charge in [0.1, 0.15) is 4.32 Å². The van der Waals surface area contributed by atoms with Gasteiger partial charge in [0, 0.05) is 9.79 Å². The third-order valence-electron chi connectivity index (χ3n) is 2.82. The molecule has 1 heterocycles. The highest BCUT2D eigenvalue weighted by Crippen LogP contribution is 2.33. The van der Waals surface area contributed by atoms with Gasteiger partial charge in [0.15, 0.2) is 0 Å². The molecule has 1 aliphatic heterocycles. The fraction of sp³-hybridized carbons (Fsp3) is 0. The van der Waals surface area contributed by atoms with Crippen LogP contribution >= 0.6 is 35.7 Å². The predicted octanol–water partition coefficient (Wildman–Crippen LogP) is 4.33. The Morgan fingerprint density at radius 3 is 2.48 bits per heavy atom. The molecule has 1 saturated heterocycles. The van der Waals surface area contributed by atoms with Gasteiger partial charge in [-0.3, -0.25) is 4.79 Å². The smallest absolute Gasteiger partial charge is 0.263 e. The highest BCUT2D eigenvalue weighted by atomic mass is 32.2. The number of carbonyl (C=O) groups is 1. The highest BCUT2D eigenvalue weighted by Gasteiger charge is 2.22. The molecule has 21 heavy (non-hydrogen) atoms. The van der Waals surface area contributed by atoms with E-state index in [0.717, 1.165) is 10.5 Å². The van der Waals surface area contributed by atoms with Crippen LogP contribution in [0.2, 0.25) is 0 Å². The normalized spacial score (nSPS) is 16.3. The lowest BCUT2D eigenvalue weighted by Crippen LogP contribution is -2.17. The van der Waals surface area contributed by atoms with Crippen LogP contribution in [0, 0.1) is 0 Å². The second kappa shape index (κ2) is 6.47. The number of nitrogens with one attached hydrogen (secondary N) is 1. The van der Waals surface area contributed by atoms with Crippen molar-refractivity contribution in [1.82, 2.24) is 5.32 Å². The molecule has 5 heteroatoms. The van der Waals surface area contributed by atoms with E-state index in [1.807, 2.05) is 42.5 Å². The Morgan fingerprint density at radius 1 is 1.05 bits per heavy atom. The lowest BCUT2D eigenvalue weighted by atomic mass is 10.2. The summed E-state index contributed by atoms with van der Waals surface area (Å²) in [5, 5.41) is 2.64. The van der Waals surface area contributed by atoms with E-state index >= 15 is 0 Å². The van der Waals surface area contributed by atoms with Crippen LogP contribution in [0.3, 0.4) is 0 Å². The summed E-state index contributed by atoms with van der Waals surface area (Å²) < 4.78 is 0.513. The van der Waals surface area contributed by atoms with Crippen LogP contribution in [-0.4, -0.2) is 10.2 Å². The Balaban J connectivity index is 1.92. The average molecular weight is 329 g/mol. The summed E-state index contributed by atoms with van der Waals surface area (Å²) in [4.78, 5) is 14.7. The Kier molecular flexibility index (Phi) is 4.43. The summed E-state index contributed by atoms with van der Waals surface area (Å²) in [5.41, 5.74) is 1.02. The number of benzene rings is 2.